The van der Waals surface area contributed by atoms with E-state index in [-0.39, 0.29) is 19.3 Å². The summed E-state index contributed by atoms with van der Waals surface area (Å²) in [6.45, 7) is 2.48. The van der Waals surface area contributed by atoms with Crippen LogP contribution < -0.4 is 0 Å². The maximum absolute atomic E-state index is 13.0. The summed E-state index contributed by atoms with van der Waals surface area (Å²) >= 11 is 0. The number of aliphatic hydroxyl groups is 2. The normalized spacial score (nSPS) is 14.6. The number of allylic oxidation sites excluding steroid dienone is 24. The van der Waals surface area contributed by atoms with Gasteiger partial charge in [0.1, 0.15) is 25.4 Å². The minimum absolute atomic E-state index is 0.0683. The van der Waals surface area contributed by atoms with E-state index in [0.29, 0.717) is 19.3 Å². The predicted octanol–water partition coefficient (Wildman–Crippen LogP) is 25.2. The van der Waals surface area contributed by atoms with Crippen molar-refractivity contribution in [3.8, 4) is 0 Å². The van der Waals surface area contributed by atoms with Crippen LogP contribution in [0.4, 0.5) is 0 Å². The first-order valence-corrected chi connectivity index (χ1v) is 45.1. The minimum atomic E-state index is -4.95. The molecule has 0 spiro atoms. The van der Waals surface area contributed by atoms with E-state index < -0.39 is 91.5 Å². The van der Waals surface area contributed by atoms with Gasteiger partial charge in [-0.1, -0.05) is 321 Å². The van der Waals surface area contributed by atoms with Crippen LogP contribution in [0.25, 0.3) is 0 Å². The minimum Gasteiger partial charge on any atom is -0.463 e. The molecule has 0 aromatic rings. The first-order chi connectivity index (χ1) is 52.2. The lowest BCUT2D eigenvalue weighted by Crippen LogP contribution is -2.30. The number of esters is 3. The molecule has 0 amide bonds. The van der Waals surface area contributed by atoms with Crippen molar-refractivity contribution in [1.29, 1.82) is 0 Å². The Kier molecular flexibility index (Phi) is 77.5. The highest BCUT2D eigenvalue weighted by Gasteiger charge is 2.29. The lowest BCUT2D eigenvalue weighted by molar-refractivity contribution is -0.161. The Bertz CT molecular complexity index is 2530. The van der Waals surface area contributed by atoms with Gasteiger partial charge in [0, 0.05) is 19.3 Å². The molecule has 0 fully saturated rings. The zero-order valence-corrected chi connectivity index (χ0v) is 69.1. The molecule has 0 aromatic heterocycles. The topological polar surface area (TPSA) is 231 Å². The summed E-state index contributed by atoms with van der Waals surface area (Å²) in [6, 6.07) is 0. The molecule has 4 N–H and O–H groups in total. The van der Waals surface area contributed by atoms with Gasteiger partial charge in [0.15, 0.2) is 6.10 Å². The lowest BCUT2D eigenvalue weighted by atomic mass is 10.0. The van der Waals surface area contributed by atoms with Gasteiger partial charge in [-0.2, -0.15) is 0 Å². The summed E-state index contributed by atoms with van der Waals surface area (Å²) in [5, 5.41) is 20.7. The molecule has 0 heterocycles. The van der Waals surface area contributed by atoms with Gasteiger partial charge in [-0.15, -0.1) is 0 Å². The van der Waals surface area contributed by atoms with Gasteiger partial charge < -0.3 is 34.2 Å². The van der Waals surface area contributed by atoms with E-state index in [0.717, 1.165) is 141 Å². The van der Waals surface area contributed by atoms with Crippen LogP contribution in [0.1, 0.15) is 342 Å². The van der Waals surface area contributed by atoms with Gasteiger partial charge in [-0.05, 0) is 148 Å². The van der Waals surface area contributed by atoms with Crippen LogP contribution in [0.2, 0.25) is 0 Å². The smallest absolute Gasteiger partial charge is 0.463 e. The Balaban J connectivity index is 4.51. The van der Waals surface area contributed by atoms with Crippen LogP contribution in [-0.4, -0.2) is 95.9 Å². The molecule has 0 aliphatic heterocycles. The molecule has 5 unspecified atom stereocenters. The van der Waals surface area contributed by atoms with Gasteiger partial charge in [0.05, 0.1) is 26.4 Å². The van der Waals surface area contributed by atoms with Crippen molar-refractivity contribution in [2.45, 2.75) is 360 Å². The van der Waals surface area contributed by atoms with Crippen LogP contribution >= 0.6 is 15.6 Å². The second kappa shape index (κ2) is 80.9. The molecule has 107 heavy (non-hydrogen) atoms. The van der Waals surface area contributed by atoms with Gasteiger partial charge in [0.25, 0.3) is 0 Å². The summed E-state index contributed by atoms with van der Waals surface area (Å²) in [7, 11) is -9.81. The number of carbonyl (C=O) groups excluding carboxylic acids is 3. The van der Waals surface area contributed by atoms with E-state index in [1.807, 2.05) is 0 Å². The molecule has 0 aliphatic rings. The van der Waals surface area contributed by atoms with Crippen molar-refractivity contribution >= 4 is 33.6 Å². The van der Waals surface area contributed by atoms with Crippen molar-refractivity contribution < 1.29 is 75.8 Å². The van der Waals surface area contributed by atoms with E-state index in [2.05, 4.69) is 167 Å². The maximum atomic E-state index is 13.0. The Morgan fingerprint density at radius 1 is 0.271 bits per heavy atom. The molecule has 0 saturated heterocycles. The predicted molar refractivity (Wildman–Crippen MR) is 445 cm³/mol. The Morgan fingerprint density at radius 2 is 0.495 bits per heavy atom. The van der Waals surface area contributed by atoms with Crippen LogP contribution in [-0.2, 0) is 55.8 Å². The Labute approximate surface area is 651 Å². The van der Waals surface area contributed by atoms with E-state index in [1.54, 1.807) is 0 Å². The van der Waals surface area contributed by atoms with Crippen molar-refractivity contribution in [1.82, 2.24) is 0 Å². The number of phosphoric acid groups is 2. The third kappa shape index (κ3) is 82.2. The fourth-order valence-electron chi connectivity index (χ4n) is 11.1. The van der Waals surface area contributed by atoms with Crippen molar-refractivity contribution in [2.75, 3.05) is 39.6 Å². The molecule has 0 saturated carbocycles. The van der Waals surface area contributed by atoms with Gasteiger partial charge >= 0.3 is 33.6 Å². The Morgan fingerprint density at radius 3 is 0.785 bits per heavy atom. The van der Waals surface area contributed by atoms with Gasteiger partial charge in [-0.3, -0.25) is 32.5 Å². The van der Waals surface area contributed by atoms with Crippen LogP contribution in [0.15, 0.2) is 146 Å². The van der Waals surface area contributed by atoms with Crippen LogP contribution in [0.5, 0.6) is 0 Å². The zero-order chi connectivity index (χ0) is 78.0. The monoisotopic (exact) mass is 1540 g/mol. The molecule has 5 atom stereocenters. The number of hydrogen-bond acceptors (Lipinski definition) is 14. The molecule has 0 aromatic carbocycles. The Hall–Kier alpha value is -4.57. The quantitative estimate of drug-likeness (QED) is 0.0146. The third-order valence-corrected chi connectivity index (χ3v) is 19.4. The third-order valence-electron chi connectivity index (χ3n) is 17.5. The van der Waals surface area contributed by atoms with Crippen molar-refractivity contribution in [3.05, 3.63) is 146 Å². The molecular formula is C89H152O16P2. The molecule has 16 nitrogen and oxygen atoms in total. The number of unbranched alkanes of at least 4 members (excludes halogenated alkanes) is 32. The molecule has 0 bridgehead atoms. The number of ether oxygens (including phenoxy) is 3. The second-order valence-corrected chi connectivity index (χ2v) is 30.8. The van der Waals surface area contributed by atoms with Crippen molar-refractivity contribution in [2.24, 2.45) is 0 Å². The summed E-state index contributed by atoms with van der Waals surface area (Å²) < 4.78 is 61.2. The first-order valence-electron chi connectivity index (χ1n) is 42.1. The fraction of sp³-hybridized carbons (Fsp3) is 0.697. The molecule has 0 rings (SSSR count). The summed E-state index contributed by atoms with van der Waals surface area (Å²) in [5.41, 5.74) is 0. The number of rotatable bonds is 79. The number of hydrogen-bond donors (Lipinski definition) is 4. The largest absolute Gasteiger partial charge is 0.472 e. The number of carbonyl (C=O) groups is 3. The highest BCUT2D eigenvalue weighted by molar-refractivity contribution is 7.47. The summed E-state index contributed by atoms with van der Waals surface area (Å²) in [6.07, 6.45) is 100. The lowest BCUT2D eigenvalue weighted by Gasteiger charge is -2.21. The van der Waals surface area contributed by atoms with E-state index in [1.165, 1.54) is 141 Å². The zero-order valence-electron chi connectivity index (χ0n) is 67.3. The average Bonchev–Trinajstić information content (AvgIpc) is 0.906. The molecule has 0 aliphatic carbocycles. The van der Waals surface area contributed by atoms with Gasteiger partial charge in [0.2, 0.25) is 0 Å². The van der Waals surface area contributed by atoms with Crippen LogP contribution in [0.3, 0.4) is 0 Å². The molecule has 614 valence electrons. The van der Waals surface area contributed by atoms with Crippen molar-refractivity contribution in [3.63, 3.8) is 0 Å². The van der Waals surface area contributed by atoms with E-state index in [9.17, 15) is 43.5 Å². The maximum Gasteiger partial charge on any atom is 0.472 e. The average molecular weight is 1540 g/mol. The van der Waals surface area contributed by atoms with Crippen LogP contribution in [0, 0.1) is 0 Å². The van der Waals surface area contributed by atoms with Gasteiger partial charge in [-0.25, -0.2) is 9.13 Å². The first kappa shape index (κ1) is 102. The summed E-state index contributed by atoms with van der Waals surface area (Å²) in [5.74, 6) is -1.62. The van der Waals surface area contributed by atoms with E-state index >= 15 is 0 Å². The standard InChI is InChI=1S/C89H152O16P2/c1-4-7-10-13-16-19-22-25-28-31-33-35-36-37-38-39-40-41-42-43-44-45-46-48-50-52-54-57-60-63-66-69-72-75-87(92)99-78-84(90)79-101-106(95,96)102-80-85(91)81-103-107(97,98)104-83-86(105-89(94)77-74-71-68-65-62-59-56-51-30-27-24-21-18-15-12-9-6-3)82-100-88(93)76-73-70-67-64-61-58-55-53-49-47-34-32-29-26-23-20-17-14-11-8-5-2/h9,12,16-21,25-30,33-35,37-38,47,53,55-56,59,84-86,90-91H,4-8,10-11,13-15,22-24,31-32,36,39-46,48-52,54,57-58,60-83H2,1-3H3,(H,95,96)(H,97,98)/b12-9-,19-16-,20-17-,21-18-,28-25-,29-26-,30-27-,35-33-,38-37-,47-34-,55-53-,59-56-. The number of aliphatic hydroxyl groups excluding tert-OH is 2. The summed E-state index contributed by atoms with van der Waals surface area (Å²) in [4.78, 5) is 58.7. The van der Waals surface area contributed by atoms with E-state index in [4.69, 9.17) is 32.3 Å². The SMILES string of the molecule is CC/C=C\C/C=C\C/C=C\C/C=C\CCCCCCC(=O)OC(COC(=O)CCCCCCC/C=C\C/C=C\C/C=C\C/C=C\CCCCC)COP(=O)(O)OCC(O)COP(=O)(O)OCC(O)COC(=O)CCCCCCCCCCCCCCCCCCC/C=C\C/C=C\C/C=C\C/C=C\CCCCC. The molecule has 18 heteroatoms. The molecule has 0 radical (unpaired) electrons. The molecular weight excluding hydrogens is 1390 g/mol. The number of phosphoric ester groups is 2. The highest BCUT2D eigenvalue weighted by atomic mass is 31.2. The fourth-order valence-corrected chi connectivity index (χ4v) is 12.7. The highest BCUT2D eigenvalue weighted by Crippen LogP contribution is 2.45. The second-order valence-electron chi connectivity index (χ2n) is 27.9.